The van der Waals surface area contributed by atoms with E-state index in [4.69, 9.17) is 9.72 Å². The van der Waals surface area contributed by atoms with Gasteiger partial charge in [0.1, 0.15) is 5.82 Å². The van der Waals surface area contributed by atoms with E-state index in [2.05, 4.69) is 50.0 Å². The van der Waals surface area contributed by atoms with Gasteiger partial charge < -0.3 is 15.0 Å². The Balaban J connectivity index is 2.82. The van der Waals surface area contributed by atoms with Crippen molar-refractivity contribution in [3.8, 4) is 0 Å². The van der Waals surface area contributed by atoms with E-state index in [1.807, 2.05) is 0 Å². The number of aryl methyl sites for hydroxylation is 1. The summed E-state index contributed by atoms with van der Waals surface area (Å²) in [5, 5.41) is 3.44. The summed E-state index contributed by atoms with van der Waals surface area (Å²) in [5.41, 5.74) is 2.39. The van der Waals surface area contributed by atoms with Crippen LogP contribution < -0.4 is 10.2 Å². The summed E-state index contributed by atoms with van der Waals surface area (Å²) in [6, 6.07) is 4.80. The van der Waals surface area contributed by atoms with Crippen molar-refractivity contribution in [2.45, 2.75) is 53.1 Å². The Hall–Kier alpha value is -1.13. The zero-order valence-corrected chi connectivity index (χ0v) is 14.3. The van der Waals surface area contributed by atoms with Crippen LogP contribution in [0.1, 0.15) is 44.9 Å². The van der Waals surface area contributed by atoms with Gasteiger partial charge in [0.25, 0.3) is 0 Å². The molecule has 0 aliphatic carbocycles. The third-order valence-electron chi connectivity index (χ3n) is 3.88. The molecule has 21 heavy (non-hydrogen) atoms. The van der Waals surface area contributed by atoms with Crippen LogP contribution in [-0.2, 0) is 11.3 Å². The van der Waals surface area contributed by atoms with E-state index in [-0.39, 0.29) is 0 Å². The van der Waals surface area contributed by atoms with E-state index in [0.717, 1.165) is 50.6 Å². The fraction of sp³-hybridized carbons (Fsp3) is 0.706. The van der Waals surface area contributed by atoms with Gasteiger partial charge in [-0.1, -0.05) is 19.9 Å². The molecular weight excluding hydrogens is 262 g/mol. The molecule has 1 unspecified atom stereocenters. The van der Waals surface area contributed by atoms with Crippen LogP contribution in [0.4, 0.5) is 5.82 Å². The second-order valence-electron chi connectivity index (χ2n) is 5.53. The van der Waals surface area contributed by atoms with Crippen LogP contribution >= 0.6 is 0 Å². The van der Waals surface area contributed by atoms with E-state index >= 15 is 0 Å². The average molecular weight is 293 g/mol. The molecule has 1 aromatic heterocycles. The molecule has 0 amide bonds. The molecule has 1 N–H and O–H groups in total. The SMILES string of the molecule is CCCNCc1ccc(N(CCOC)C(C)CC)nc1C. The lowest BCUT2D eigenvalue weighted by Crippen LogP contribution is -2.36. The molecule has 0 aliphatic heterocycles. The largest absolute Gasteiger partial charge is 0.383 e. The van der Waals surface area contributed by atoms with Crippen molar-refractivity contribution in [2.24, 2.45) is 0 Å². The van der Waals surface area contributed by atoms with Gasteiger partial charge in [-0.05, 0) is 44.9 Å². The maximum Gasteiger partial charge on any atom is 0.129 e. The topological polar surface area (TPSA) is 37.4 Å². The van der Waals surface area contributed by atoms with Gasteiger partial charge in [-0.2, -0.15) is 0 Å². The van der Waals surface area contributed by atoms with Gasteiger partial charge >= 0.3 is 0 Å². The standard InChI is InChI=1S/C17H31N3O/c1-6-10-18-13-16-8-9-17(19-15(16)4)20(11-12-21-5)14(3)7-2/h8-9,14,18H,6-7,10-13H2,1-5H3. The first kappa shape index (κ1) is 17.9. The molecule has 1 rings (SSSR count). The smallest absolute Gasteiger partial charge is 0.129 e. The highest BCUT2D eigenvalue weighted by molar-refractivity contribution is 5.42. The highest BCUT2D eigenvalue weighted by atomic mass is 16.5. The number of anilines is 1. The third kappa shape index (κ3) is 5.64. The van der Waals surface area contributed by atoms with Gasteiger partial charge in [0.15, 0.2) is 0 Å². The van der Waals surface area contributed by atoms with Crippen LogP contribution in [0.25, 0.3) is 0 Å². The Morgan fingerprint density at radius 2 is 2.10 bits per heavy atom. The zero-order chi connectivity index (χ0) is 15.7. The van der Waals surface area contributed by atoms with Gasteiger partial charge in [0.2, 0.25) is 0 Å². The lowest BCUT2D eigenvalue weighted by Gasteiger charge is -2.30. The van der Waals surface area contributed by atoms with Crippen molar-refractivity contribution in [2.75, 3.05) is 31.7 Å². The van der Waals surface area contributed by atoms with Gasteiger partial charge in [-0.3, -0.25) is 0 Å². The van der Waals surface area contributed by atoms with Crippen LogP contribution in [0, 0.1) is 6.92 Å². The fourth-order valence-corrected chi connectivity index (χ4v) is 2.29. The van der Waals surface area contributed by atoms with Crippen LogP contribution in [0.5, 0.6) is 0 Å². The van der Waals surface area contributed by atoms with Gasteiger partial charge in [0.05, 0.1) is 6.61 Å². The molecule has 1 atom stereocenters. The highest BCUT2D eigenvalue weighted by Gasteiger charge is 2.15. The summed E-state index contributed by atoms with van der Waals surface area (Å²) in [6.07, 6.45) is 2.26. The summed E-state index contributed by atoms with van der Waals surface area (Å²) < 4.78 is 5.23. The number of nitrogens with one attached hydrogen (secondary N) is 1. The first-order valence-electron chi connectivity index (χ1n) is 8.06. The highest BCUT2D eigenvalue weighted by Crippen LogP contribution is 2.18. The van der Waals surface area contributed by atoms with Crippen LogP contribution in [-0.4, -0.2) is 37.8 Å². The molecule has 0 saturated carbocycles. The number of aromatic nitrogens is 1. The number of hydrogen-bond donors (Lipinski definition) is 1. The normalized spacial score (nSPS) is 12.4. The molecule has 1 heterocycles. The van der Waals surface area contributed by atoms with Crippen molar-refractivity contribution in [1.82, 2.24) is 10.3 Å². The van der Waals surface area contributed by atoms with Gasteiger partial charge in [-0.15, -0.1) is 0 Å². The molecule has 0 spiro atoms. The Morgan fingerprint density at radius 3 is 2.67 bits per heavy atom. The molecule has 0 radical (unpaired) electrons. The number of methoxy groups -OCH3 is 1. The second kappa shape index (κ2) is 9.74. The van der Waals surface area contributed by atoms with Gasteiger partial charge in [0, 0.05) is 31.9 Å². The molecule has 120 valence electrons. The Morgan fingerprint density at radius 1 is 1.33 bits per heavy atom. The van der Waals surface area contributed by atoms with Crippen molar-refractivity contribution >= 4 is 5.82 Å². The minimum atomic E-state index is 0.469. The van der Waals surface area contributed by atoms with Crippen LogP contribution in [0.15, 0.2) is 12.1 Å². The summed E-state index contributed by atoms with van der Waals surface area (Å²) in [4.78, 5) is 7.14. The van der Waals surface area contributed by atoms with E-state index in [1.165, 1.54) is 5.56 Å². The Bertz CT molecular complexity index is 409. The molecule has 0 aliphatic rings. The number of ether oxygens (including phenoxy) is 1. The molecule has 0 aromatic carbocycles. The lowest BCUT2D eigenvalue weighted by atomic mass is 10.1. The Labute approximate surface area is 129 Å². The van der Waals surface area contributed by atoms with Crippen molar-refractivity contribution < 1.29 is 4.74 Å². The number of hydrogen-bond acceptors (Lipinski definition) is 4. The molecule has 0 bridgehead atoms. The van der Waals surface area contributed by atoms with E-state index in [0.29, 0.717) is 6.04 Å². The Kier molecular flexibility index (Phi) is 8.31. The summed E-state index contributed by atoms with van der Waals surface area (Å²) in [7, 11) is 1.75. The maximum absolute atomic E-state index is 5.23. The van der Waals surface area contributed by atoms with Gasteiger partial charge in [-0.25, -0.2) is 4.98 Å². The van der Waals surface area contributed by atoms with Crippen molar-refractivity contribution in [3.63, 3.8) is 0 Å². The number of nitrogens with zero attached hydrogens (tertiary/aromatic N) is 2. The monoisotopic (exact) mass is 293 g/mol. The number of rotatable bonds is 10. The molecule has 0 saturated heterocycles. The second-order valence-corrected chi connectivity index (χ2v) is 5.53. The zero-order valence-electron chi connectivity index (χ0n) is 14.3. The molecule has 4 heteroatoms. The minimum absolute atomic E-state index is 0.469. The van der Waals surface area contributed by atoms with E-state index < -0.39 is 0 Å². The molecular formula is C17H31N3O. The molecule has 4 nitrogen and oxygen atoms in total. The van der Waals surface area contributed by atoms with E-state index in [9.17, 15) is 0 Å². The summed E-state index contributed by atoms with van der Waals surface area (Å²) >= 11 is 0. The summed E-state index contributed by atoms with van der Waals surface area (Å²) in [6.45, 7) is 12.3. The predicted octanol–water partition coefficient (Wildman–Crippen LogP) is 3.14. The van der Waals surface area contributed by atoms with E-state index in [1.54, 1.807) is 7.11 Å². The lowest BCUT2D eigenvalue weighted by molar-refractivity contribution is 0.203. The quantitative estimate of drug-likeness (QED) is 0.673. The van der Waals surface area contributed by atoms with Crippen molar-refractivity contribution in [3.05, 3.63) is 23.4 Å². The van der Waals surface area contributed by atoms with Crippen LogP contribution in [0.3, 0.4) is 0 Å². The number of pyridine rings is 1. The third-order valence-corrected chi connectivity index (χ3v) is 3.88. The average Bonchev–Trinajstić information content (AvgIpc) is 2.49. The fourth-order valence-electron chi connectivity index (χ4n) is 2.29. The summed E-state index contributed by atoms with van der Waals surface area (Å²) in [5.74, 6) is 1.05. The van der Waals surface area contributed by atoms with Crippen LogP contribution in [0.2, 0.25) is 0 Å². The molecule has 1 aromatic rings. The molecule has 0 fully saturated rings. The first-order chi connectivity index (χ1) is 10.1. The minimum Gasteiger partial charge on any atom is -0.383 e. The first-order valence-corrected chi connectivity index (χ1v) is 8.06. The predicted molar refractivity (Wildman–Crippen MR) is 89.9 cm³/mol. The van der Waals surface area contributed by atoms with Crippen molar-refractivity contribution in [1.29, 1.82) is 0 Å². The maximum atomic E-state index is 5.23.